The highest BCUT2D eigenvalue weighted by Gasteiger charge is 2.26. The van der Waals surface area contributed by atoms with E-state index in [4.69, 9.17) is 0 Å². The average molecular weight is 344 g/mol. The zero-order valence-electron chi connectivity index (χ0n) is 14.5. The maximum absolute atomic E-state index is 12.7. The predicted octanol–water partition coefficient (Wildman–Crippen LogP) is 3.31. The van der Waals surface area contributed by atoms with Crippen molar-refractivity contribution in [2.75, 3.05) is 13.1 Å². The number of hydrogen-bond donors (Lipinski definition) is 0. The molecule has 6 heteroatoms. The van der Waals surface area contributed by atoms with E-state index in [1.807, 2.05) is 34.6 Å². The van der Waals surface area contributed by atoms with Gasteiger partial charge in [-0.2, -0.15) is 0 Å². The number of aromatic nitrogens is 3. The Hall–Kier alpha value is -1.82. The van der Waals surface area contributed by atoms with Crippen LogP contribution in [0.15, 0.2) is 35.7 Å². The topological polar surface area (TPSA) is 51.0 Å². The van der Waals surface area contributed by atoms with Crippen LogP contribution in [0.2, 0.25) is 0 Å². The largest absolute Gasteiger partial charge is 0.342 e. The van der Waals surface area contributed by atoms with Crippen molar-refractivity contribution in [3.05, 3.63) is 36.2 Å². The first-order valence-corrected chi connectivity index (χ1v) is 9.35. The maximum atomic E-state index is 12.7. The van der Waals surface area contributed by atoms with Gasteiger partial charge in [-0.15, -0.1) is 10.2 Å². The van der Waals surface area contributed by atoms with Gasteiger partial charge in [-0.05, 0) is 44.2 Å². The molecule has 1 amide bonds. The number of piperidine rings is 1. The van der Waals surface area contributed by atoms with Crippen LogP contribution in [0.25, 0.3) is 5.69 Å². The number of likely N-dealkylation sites (tertiary alicyclic amines) is 1. The van der Waals surface area contributed by atoms with E-state index < -0.39 is 0 Å². The van der Waals surface area contributed by atoms with Gasteiger partial charge in [0.2, 0.25) is 5.91 Å². The van der Waals surface area contributed by atoms with Gasteiger partial charge in [0, 0.05) is 13.1 Å². The van der Waals surface area contributed by atoms with E-state index in [1.54, 1.807) is 6.33 Å². The van der Waals surface area contributed by atoms with Gasteiger partial charge >= 0.3 is 0 Å². The van der Waals surface area contributed by atoms with Gasteiger partial charge in [0.15, 0.2) is 5.16 Å². The number of carbonyl (C=O) groups excluding carboxylic acids is 1. The van der Waals surface area contributed by atoms with Crippen molar-refractivity contribution in [1.82, 2.24) is 19.7 Å². The highest BCUT2D eigenvalue weighted by Crippen LogP contribution is 2.27. The van der Waals surface area contributed by atoms with Gasteiger partial charge in [-0.1, -0.05) is 36.9 Å². The molecule has 3 rings (SSSR count). The number of aryl methyl sites for hydroxylation is 1. The Morgan fingerprint density at radius 2 is 2.00 bits per heavy atom. The van der Waals surface area contributed by atoms with Crippen LogP contribution in [0.5, 0.6) is 0 Å². The number of rotatable bonds is 4. The average Bonchev–Trinajstić information content (AvgIpc) is 3.03. The molecule has 24 heavy (non-hydrogen) atoms. The normalized spacial score (nSPS) is 17.0. The fourth-order valence-electron chi connectivity index (χ4n) is 3.00. The number of para-hydroxylation sites is 1. The van der Waals surface area contributed by atoms with Crippen LogP contribution in [0.1, 0.15) is 32.3 Å². The van der Waals surface area contributed by atoms with Crippen LogP contribution >= 0.6 is 11.8 Å². The first-order valence-electron chi connectivity index (χ1n) is 8.47. The Balaban J connectivity index is 1.72. The van der Waals surface area contributed by atoms with Crippen LogP contribution in [0.4, 0.5) is 0 Å². The lowest BCUT2D eigenvalue weighted by molar-refractivity contribution is -0.131. The molecule has 1 atom stereocenters. The monoisotopic (exact) mass is 344 g/mol. The molecular weight excluding hydrogens is 320 g/mol. The Morgan fingerprint density at radius 3 is 2.71 bits per heavy atom. The summed E-state index contributed by atoms with van der Waals surface area (Å²) in [6.45, 7) is 8.02. The lowest BCUT2D eigenvalue weighted by Gasteiger charge is -2.31. The number of amides is 1. The van der Waals surface area contributed by atoms with E-state index in [0.29, 0.717) is 0 Å². The van der Waals surface area contributed by atoms with E-state index in [2.05, 4.69) is 30.1 Å². The summed E-state index contributed by atoms with van der Waals surface area (Å²) in [6.07, 6.45) is 3.91. The second-order valence-corrected chi connectivity index (χ2v) is 7.85. The summed E-state index contributed by atoms with van der Waals surface area (Å²) in [5.41, 5.74) is 2.21. The minimum atomic E-state index is -0.162. The van der Waals surface area contributed by atoms with Gasteiger partial charge in [-0.25, -0.2) is 0 Å². The van der Waals surface area contributed by atoms with Crippen molar-refractivity contribution in [2.45, 2.75) is 44.0 Å². The summed E-state index contributed by atoms with van der Waals surface area (Å²) in [7, 11) is 0. The number of thioether (sulfide) groups is 1. The van der Waals surface area contributed by atoms with E-state index in [9.17, 15) is 4.79 Å². The molecule has 1 aliphatic rings. The molecular formula is C18H24N4OS. The van der Waals surface area contributed by atoms with Crippen LogP contribution < -0.4 is 0 Å². The third kappa shape index (κ3) is 3.64. The molecule has 2 heterocycles. The van der Waals surface area contributed by atoms with Crippen molar-refractivity contribution in [2.24, 2.45) is 5.92 Å². The molecule has 5 nitrogen and oxygen atoms in total. The third-order valence-electron chi connectivity index (χ3n) is 4.62. The summed E-state index contributed by atoms with van der Waals surface area (Å²) >= 11 is 1.48. The van der Waals surface area contributed by atoms with E-state index in [1.165, 1.54) is 11.8 Å². The fraction of sp³-hybridized carbons (Fsp3) is 0.500. The molecule has 1 fully saturated rings. The highest BCUT2D eigenvalue weighted by molar-refractivity contribution is 8.00. The van der Waals surface area contributed by atoms with Gasteiger partial charge in [0.05, 0.1) is 10.9 Å². The van der Waals surface area contributed by atoms with Crippen molar-refractivity contribution >= 4 is 17.7 Å². The van der Waals surface area contributed by atoms with Crippen molar-refractivity contribution in [1.29, 1.82) is 0 Å². The second kappa shape index (κ2) is 7.38. The molecule has 0 unspecified atom stereocenters. The standard InChI is InChI=1S/C18H24N4OS/c1-13-8-10-21(11-9-13)17(23)15(3)24-18-20-19-12-22(18)16-7-5-4-6-14(16)2/h4-7,12-13,15H,8-11H2,1-3H3/t15-/m1/s1. The molecule has 0 saturated carbocycles. The first kappa shape index (κ1) is 17.0. The molecule has 1 aromatic carbocycles. The van der Waals surface area contributed by atoms with Crippen molar-refractivity contribution < 1.29 is 4.79 Å². The van der Waals surface area contributed by atoms with Crippen molar-refractivity contribution in [3.63, 3.8) is 0 Å². The minimum absolute atomic E-state index is 0.162. The van der Waals surface area contributed by atoms with Gasteiger partial charge in [0.25, 0.3) is 0 Å². The summed E-state index contributed by atoms with van der Waals surface area (Å²) in [4.78, 5) is 14.7. The number of nitrogens with zero attached hydrogens (tertiary/aromatic N) is 4. The maximum Gasteiger partial charge on any atom is 0.235 e. The molecule has 0 radical (unpaired) electrons. The lowest BCUT2D eigenvalue weighted by atomic mass is 9.99. The van der Waals surface area contributed by atoms with Crippen molar-refractivity contribution in [3.8, 4) is 5.69 Å². The van der Waals surface area contributed by atoms with Gasteiger partial charge in [-0.3, -0.25) is 9.36 Å². The molecule has 0 bridgehead atoms. The SMILES string of the molecule is Cc1ccccc1-n1cnnc1S[C@H](C)C(=O)N1CCC(C)CC1. The van der Waals surface area contributed by atoms with Crippen LogP contribution in [-0.4, -0.2) is 43.9 Å². The Morgan fingerprint density at radius 1 is 1.29 bits per heavy atom. The highest BCUT2D eigenvalue weighted by atomic mass is 32.2. The number of hydrogen-bond acceptors (Lipinski definition) is 4. The Bertz CT molecular complexity index is 707. The number of benzene rings is 1. The minimum Gasteiger partial charge on any atom is -0.342 e. The molecule has 1 aromatic heterocycles. The molecule has 0 spiro atoms. The lowest BCUT2D eigenvalue weighted by Crippen LogP contribution is -2.41. The Labute approximate surface area is 147 Å². The molecule has 0 aliphatic carbocycles. The molecule has 1 saturated heterocycles. The van der Waals surface area contributed by atoms with E-state index >= 15 is 0 Å². The van der Waals surface area contributed by atoms with E-state index in [-0.39, 0.29) is 11.2 Å². The van der Waals surface area contributed by atoms with E-state index in [0.717, 1.165) is 48.3 Å². The zero-order valence-corrected chi connectivity index (χ0v) is 15.3. The molecule has 1 aliphatic heterocycles. The van der Waals surface area contributed by atoms with Gasteiger partial charge < -0.3 is 4.90 Å². The quantitative estimate of drug-likeness (QED) is 0.799. The van der Waals surface area contributed by atoms with Crippen LogP contribution in [-0.2, 0) is 4.79 Å². The first-order chi connectivity index (χ1) is 11.6. The van der Waals surface area contributed by atoms with Crippen LogP contribution in [0.3, 0.4) is 0 Å². The molecule has 128 valence electrons. The summed E-state index contributed by atoms with van der Waals surface area (Å²) in [6, 6.07) is 8.12. The van der Waals surface area contributed by atoms with Gasteiger partial charge in [0.1, 0.15) is 6.33 Å². The van der Waals surface area contributed by atoms with Crippen LogP contribution in [0, 0.1) is 12.8 Å². The Kier molecular flexibility index (Phi) is 5.23. The third-order valence-corrected chi connectivity index (χ3v) is 5.66. The molecule has 2 aromatic rings. The summed E-state index contributed by atoms with van der Waals surface area (Å²) < 4.78 is 1.96. The molecule has 0 N–H and O–H groups in total. The summed E-state index contributed by atoms with van der Waals surface area (Å²) in [5, 5.41) is 8.86. The predicted molar refractivity (Wildman–Crippen MR) is 96.4 cm³/mol. The zero-order chi connectivity index (χ0) is 17.1. The summed E-state index contributed by atoms with van der Waals surface area (Å²) in [5.74, 6) is 0.924. The smallest absolute Gasteiger partial charge is 0.235 e. The fourth-order valence-corrected chi connectivity index (χ4v) is 3.92. The number of carbonyl (C=O) groups is 1. The second-order valence-electron chi connectivity index (χ2n) is 6.54.